The van der Waals surface area contributed by atoms with Crippen LogP contribution in [0, 0.1) is 5.92 Å². The number of hydrogen-bond donors (Lipinski definition) is 0. The van der Waals surface area contributed by atoms with Crippen molar-refractivity contribution in [3.8, 4) is 5.75 Å². The van der Waals surface area contributed by atoms with Gasteiger partial charge in [-0.25, -0.2) is 0 Å². The number of Topliss-reactive ketones (excluding diaryl/α,β-unsaturated/α-hetero) is 1. The summed E-state index contributed by atoms with van der Waals surface area (Å²) >= 11 is 0. The molecular weight excluding hydrogens is 188 g/mol. The van der Waals surface area contributed by atoms with Crippen molar-refractivity contribution in [3.05, 3.63) is 29.8 Å². The van der Waals surface area contributed by atoms with E-state index >= 15 is 0 Å². The number of hydrogen-bond acceptors (Lipinski definition) is 2. The lowest BCUT2D eigenvalue weighted by Crippen LogP contribution is -2.08. The van der Waals surface area contributed by atoms with Crippen molar-refractivity contribution in [2.24, 2.45) is 5.92 Å². The maximum absolute atomic E-state index is 11.5. The van der Waals surface area contributed by atoms with Gasteiger partial charge in [-0.1, -0.05) is 19.1 Å². The van der Waals surface area contributed by atoms with Gasteiger partial charge in [0, 0.05) is 12.3 Å². The first-order valence-electron chi connectivity index (χ1n) is 5.39. The van der Waals surface area contributed by atoms with Gasteiger partial charge in [-0.05, 0) is 30.0 Å². The molecule has 0 unspecified atom stereocenters. The molecule has 1 aromatic rings. The predicted molar refractivity (Wildman–Crippen MR) is 59.1 cm³/mol. The first kappa shape index (κ1) is 10.2. The number of benzene rings is 1. The van der Waals surface area contributed by atoms with E-state index in [1.54, 1.807) is 7.11 Å². The average Bonchev–Trinajstić information content (AvgIpc) is 2.60. The van der Waals surface area contributed by atoms with E-state index in [0.717, 1.165) is 18.6 Å². The number of ketones is 1. The summed E-state index contributed by atoms with van der Waals surface area (Å²) in [4.78, 5) is 11.5. The summed E-state index contributed by atoms with van der Waals surface area (Å²) in [7, 11) is 1.66. The van der Waals surface area contributed by atoms with Gasteiger partial charge in [0.05, 0.1) is 7.11 Å². The van der Waals surface area contributed by atoms with Crippen LogP contribution in [-0.4, -0.2) is 12.9 Å². The minimum absolute atomic E-state index is 0.179. The molecule has 0 heterocycles. The van der Waals surface area contributed by atoms with Gasteiger partial charge in [-0.3, -0.25) is 4.79 Å². The summed E-state index contributed by atoms with van der Waals surface area (Å²) < 4.78 is 5.11. The molecule has 0 bridgehead atoms. The van der Waals surface area contributed by atoms with Crippen molar-refractivity contribution < 1.29 is 9.53 Å². The molecule has 0 saturated heterocycles. The summed E-state index contributed by atoms with van der Waals surface area (Å²) in [5, 5.41) is 0. The van der Waals surface area contributed by atoms with Crippen molar-refractivity contribution >= 4 is 5.78 Å². The van der Waals surface area contributed by atoms with Gasteiger partial charge < -0.3 is 4.74 Å². The van der Waals surface area contributed by atoms with Crippen molar-refractivity contribution in [2.45, 2.75) is 25.7 Å². The quantitative estimate of drug-likeness (QED) is 0.740. The fraction of sp³-hybridized carbons (Fsp3) is 0.462. The molecule has 15 heavy (non-hydrogen) atoms. The van der Waals surface area contributed by atoms with E-state index in [9.17, 15) is 4.79 Å². The second-order valence-electron chi connectivity index (χ2n) is 4.17. The fourth-order valence-electron chi connectivity index (χ4n) is 2.31. The largest absolute Gasteiger partial charge is 0.497 e. The molecule has 0 aromatic heterocycles. The van der Waals surface area contributed by atoms with E-state index in [0.29, 0.717) is 11.7 Å². The Kier molecular flexibility index (Phi) is 2.76. The summed E-state index contributed by atoms with van der Waals surface area (Å²) in [6.07, 6.45) is 1.73. The monoisotopic (exact) mass is 204 g/mol. The molecule has 2 nitrogen and oxygen atoms in total. The minimum atomic E-state index is 0.179. The number of methoxy groups -OCH3 is 1. The molecule has 0 N–H and O–H groups in total. The molecule has 2 rings (SSSR count). The summed E-state index contributed by atoms with van der Waals surface area (Å²) in [5.74, 6) is 1.85. The van der Waals surface area contributed by atoms with E-state index in [-0.39, 0.29) is 5.92 Å². The molecular formula is C13H16O2. The van der Waals surface area contributed by atoms with E-state index in [4.69, 9.17) is 4.74 Å². The van der Waals surface area contributed by atoms with Crippen LogP contribution in [0.3, 0.4) is 0 Å². The Morgan fingerprint density at radius 2 is 1.93 bits per heavy atom. The van der Waals surface area contributed by atoms with Gasteiger partial charge in [0.15, 0.2) is 0 Å². The highest BCUT2D eigenvalue weighted by Crippen LogP contribution is 2.37. The Hall–Kier alpha value is -1.31. The third-order valence-electron chi connectivity index (χ3n) is 3.36. The van der Waals surface area contributed by atoms with Crippen LogP contribution < -0.4 is 4.74 Å². The van der Waals surface area contributed by atoms with Gasteiger partial charge in [0.25, 0.3) is 0 Å². The van der Waals surface area contributed by atoms with Crippen molar-refractivity contribution in [1.29, 1.82) is 0 Å². The van der Waals surface area contributed by atoms with Crippen LogP contribution in [0.2, 0.25) is 0 Å². The first-order valence-corrected chi connectivity index (χ1v) is 5.39. The maximum Gasteiger partial charge on any atom is 0.136 e. The highest BCUT2D eigenvalue weighted by molar-refractivity contribution is 5.84. The van der Waals surface area contributed by atoms with Gasteiger partial charge in [0.2, 0.25) is 0 Å². The molecule has 80 valence electrons. The lowest BCUT2D eigenvalue weighted by Gasteiger charge is -2.14. The fourth-order valence-corrected chi connectivity index (χ4v) is 2.31. The molecule has 0 spiro atoms. The van der Waals surface area contributed by atoms with Gasteiger partial charge >= 0.3 is 0 Å². The molecule has 1 saturated carbocycles. The van der Waals surface area contributed by atoms with Gasteiger partial charge in [0.1, 0.15) is 11.5 Å². The Morgan fingerprint density at radius 1 is 1.27 bits per heavy atom. The second-order valence-corrected chi connectivity index (χ2v) is 4.17. The van der Waals surface area contributed by atoms with Crippen LogP contribution >= 0.6 is 0 Å². The molecule has 1 fully saturated rings. The third-order valence-corrected chi connectivity index (χ3v) is 3.36. The summed E-state index contributed by atoms with van der Waals surface area (Å²) in [5.41, 5.74) is 1.26. The molecule has 0 radical (unpaired) electrons. The Labute approximate surface area is 90.3 Å². The highest BCUT2D eigenvalue weighted by Gasteiger charge is 2.31. The standard InChI is InChI=1S/C13H16O2/c1-9-12(7-8-13(9)14)10-3-5-11(15-2)6-4-10/h3-6,9,12H,7-8H2,1-2H3/t9-,12-/m1/s1. The van der Waals surface area contributed by atoms with E-state index < -0.39 is 0 Å². The van der Waals surface area contributed by atoms with Crippen LogP contribution in [0.25, 0.3) is 0 Å². The smallest absolute Gasteiger partial charge is 0.136 e. The molecule has 1 aromatic carbocycles. The lowest BCUT2D eigenvalue weighted by molar-refractivity contribution is -0.120. The molecule has 2 heteroatoms. The van der Waals surface area contributed by atoms with Crippen LogP contribution in [0.5, 0.6) is 5.75 Å². The third kappa shape index (κ3) is 1.89. The summed E-state index contributed by atoms with van der Waals surface area (Å²) in [6.45, 7) is 2.03. The van der Waals surface area contributed by atoms with Crippen molar-refractivity contribution in [1.82, 2.24) is 0 Å². The Morgan fingerprint density at radius 3 is 2.40 bits per heavy atom. The zero-order chi connectivity index (χ0) is 10.8. The molecule has 0 amide bonds. The Bertz CT molecular complexity index is 353. The topological polar surface area (TPSA) is 26.3 Å². The SMILES string of the molecule is COc1ccc([C@@H]2CCC(=O)[C@@H]2C)cc1. The van der Waals surface area contributed by atoms with E-state index in [1.807, 2.05) is 19.1 Å². The predicted octanol–water partition coefficient (Wildman–Crippen LogP) is 2.78. The van der Waals surface area contributed by atoms with Gasteiger partial charge in [-0.2, -0.15) is 0 Å². The van der Waals surface area contributed by atoms with Crippen molar-refractivity contribution in [3.63, 3.8) is 0 Å². The second kappa shape index (κ2) is 4.05. The summed E-state index contributed by atoms with van der Waals surface area (Å²) in [6, 6.07) is 8.06. The van der Waals surface area contributed by atoms with Crippen molar-refractivity contribution in [2.75, 3.05) is 7.11 Å². The zero-order valence-electron chi connectivity index (χ0n) is 9.19. The number of ether oxygens (including phenoxy) is 1. The highest BCUT2D eigenvalue weighted by atomic mass is 16.5. The average molecular weight is 204 g/mol. The van der Waals surface area contributed by atoms with Crippen LogP contribution in [0.4, 0.5) is 0 Å². The van der Waals surface area contributed by atoms with E-state index in [1.165, 1.54) is 5.56 Å². The van der Waals surface area contributed by atoms with Crippen LogP contribution in [-0.2, 0) is 4.79 Å². The number of carbonyl (C=O) groups excluding carboxylic acids is 1. The van der Waals surface area contributed by atoms with E-state index in [2.05, 4.69) is 12.1 Å². The molecule has 1 aliphatic rings. The molecule has 2 atom stereocenters. The van der Waals surface area contributed by atoms with Gasteiger partial charge in [-0.15, -0.1) is 0 Å². The Balaban J connectivity index is 2.19. The maximum atomic E-state index is 11.5. The lowest BCUT2D eigenvalue weighted by atomic mass is 9.90. The van der Waals surface area contributed by atoms with Crippen LogP contribution in [0.1, 0.15) is 31.2 Å². The number of rotatable bonds is 2. The van der Waals surface area contributed by atoms with Crippen LogP contribution in [0.15, 0.2) is 24.3 Å². The zero-order valence-corrected chi connectivity index (χ0v) is 9.19. The molecule has 1 aliphatic carbocycles. The minimum Gasteiger partial charge on any atom is -0.497 e. The normalized spacial score (nSPS) is 25.6. The first-order chi connectivity index (χ1) is 7.22. The number of carbonyl (C=O) groups is 1. The molecule has 0 aliphatic heterocycles.